The molecule has 0 bridgehead atoms. The van der Waals surface area contributed by atoms with Gasteiger partial charge in [-0.2, -0.15) is 0 Å². The van der Waals surface area contributed by atoms with E-state index in [1.54, 1.807) is 24.3 Å². The molecule has 2 aliphatic heterocycles. The summed E-state index contributed by atoms with van der Waals surface area (Å²) in [4.78, 5) is 27.6. The van der Waals surface area contributed by atoms with Gasteiger partial charge in [0.1, 0.15) is 11.5 Å². The number of hydrogen-bond acceptors (Lipinski definition) is 5. The first kappa shape index (κ1) is 20.2. The molecule has 0 aliphatic carbocycles. The lowest BCUT2D eigenvalue weighted by atomic mass is 9.94. The van der Waals surface area contributed by atoms with Crippen LogP contribution in [0.1, 0.15) is 36.9 Å². The van der Waals surface area contributed by atoms with Gasteiger partial charge in [-0.15, -0.1) is 0 Å². The van der Waals surface area contributed by atoms with Crippen molar-refractivity contribution in [1.29, 1.82) is 0 Å². The van der Waals surface area contributed by atoms with E-state index >= 15 is 0 Å². The molecule has 6 nitrogen and oxygen atoms in total. The highest BCUT2D eigenvalue weighted by Gasteiger charge is 2.47. The minimum absolute atomic E-state index is 0.0800. The number of aliphatic hydroxyl groups is 1. The van der Waals surface area contributed by atoms with Crippen LogP contribution in [0.3, 0.4) is 0 Å². The van der Waals surface area contributed by atoms with Gasteiger partial charge in [-0.3, -0.25) is 9.59 Å². The van der Waals surface area contributed by atoms with E-state index < -0.39 is 17.7 Å². The number of aliphatic hydroxyl groups excluding tert-OH is 1. The third-order valence-corrected chi connectivity index (χ3v) is 5.52. The van der Waals surface area contributed by atoms with Crippen LogP contribution in [0.5, 0.6) is 5.75 Å². The molecule has 1 N–H and O–H groups in total. The normalized spacial score (nSPS) is 23.2. The van der Waals surface area contributed by atoms with Crippen LogP contribution in [0.2, 0.25) is 0 Å². The summed E-state index contributed by atoms with van der Waals surface area (Å²) < 4.78 is 11.5. The number of benzene rings is 2. The second kappa shape index (κ2) is 8.71. The minimum atomic E-state index is -0.739. The maximum absolute atomic E-state index is 13.1. The van der Waals surface area contributed by atoms with Gasteiger partial charge in [0.25, 0.3) is 11.7 Å². The first-order valence-electron chi connectivity index (χ1n) is 10.3. The summed E-state index contributed by atoms with van der Waals surface area (Å²) in [6, 6.07) is 15.4. The quantitative estimate of drug-likeness (QED) is 0.449. The Morgan fingerprint density at radius 1 is 1.13 bits per heavy atom. The standard InChI is InChI=1S/C24H25NO5/c1-2-29-19-13-7-6-12-18(19)21-20(22(26)16-9-4-3-5-10-16)23(27)24(28)25(21)15-17-11-8-14-30-17/h3-7,9-10,12-13,17,21,26H,2,8,11,14-15H2,1H3/b22-20-. The molecule has 2 aliphatic rings. The Hall–Kier alpha value is -3.12. The fourth-order valence-corrected chi connectivity index (χ4v) is 4.14. The summed E-state index contributed by atoms with van der Waals surface area (Å²) in [5.41, 5.74) is 1.25. The molecular weight excluding hydrogens is 382 g/mol. The Kier molecular flexibility index (Phi) is 5.86. The van der Waals surface area contributed by atoms with Crippen molar-refractivity contribution in [3.63, 3.8) is 0 Å². The van der Waals surface area contributed by atoms with E-state index in [-0.39, 0.29) is 17.4 Å². The maximum atomic E-state index is 13.1. The Balaban J connectivity index is 1.85. The van der Waals surface area contributed by atoms with Crippen molar-refractivity contribution in [3.8, 4) is 5.75 Å². The maximum Gasteiger partial charge on any atom is 0.295 e. The molecule has 4 rings (SSSR count). The van der Waals surface area contributed by atoms with Crippen molar-refractivity contribution >= 4 is 17.4 Å². The smallest absolute Gasteiger partial charge is 0.295 e. The number of para-hydroxylation sites is 1. The minimum Gasteiger partial charge on any atom is -0.507 e. The van der Waals surface area contributed by atoms with Crippen LogP contribution in [-0.2, 0) is 14.3 Å². The molecule has 2 unspecified atom stereocenters. The molecule has 0 saturated carbocycles. The van der Waals surface area contributed by atoms with E-state index in [4.69, 9.17) is 9.47 Å². The van der Waals surface area contributed by atoms with Crippen molar-refractivity contribution in [1.82, 2.24) is 4.90 Å². The van der Waals surface area contributed by atoms with Crippen molar-refractivity contribution in [2.24, 2.45) is 0 Å². The second-order valence-electron chi connectivity index (χ2n) is 7.42. The fourth-order valence-electron chi connectivity index (χ4n) is 4.14. The fraction of sp³-hybridized carbons (Fsp3) is 0.333. The number of Topliss-reactive ketones (excluding diaryl/α,β-unsaturated/α-hetero) is 1. The van der Waals surface area contributed by atoms with E-state index in [0.29, 0.717) is 36.6 Å². The van der Waals surface area contributed by atoms with Gasteiger partial charge >= 0.3 is 0 Å². The average Bonchev–Trinajstić information content (AvgIpc) is 3.37. The van der Waals surface area contributed by atoms with Gasteiger partial charge in [-0.25, -0.2) is 0 Å². The van der Waals surface area contributed by atoms with Crippen molar-refractivity contribution in [2.75, 3.05) is 19.8 Å². The van der Waals surface area contributed by atoms with Crippen LogP contribution in [0.15, 0.2) is 60.2 Å². The van der Waals surface area contributed by atoms with Crippen molar-refractivity contribution in [3.05, 3.63) is 71.3 Å². The summed E-state index contributed by atoms with van der Waals surface area (Å²) in [5.74, 6) is -0.909. The zero-order valence-corrected chi connectivity index (χ0v) is 16.9. The monoisotopic (exact) mass is 407 g/mol. The van der Waals surface area contributed by atoms with Crippen LogP contribution < -0.4 is 4.74 Å². The summed E-state index contributed by atoms with van der Waals surface area (Å²) in [7, 11) is 0. The third kappa shape index (κ3) is 3.71. The van der Waals surface area contributed by atoms with Gasteiger partial charge < -0.3 is 19.5 Å². The van der Waals surface area contributed by atoms with E-state index in [9.17, 15) is 14.7 Å². The van der Waals surface area contributed by atoms with Gasteiger partial charge in [0.2, 0.25) is 0 Å². The highest BCUT2D eigenvalue weighted by molar-refractivity contribution is 6.46. The molecular formula is C24H25NO5. The first-order chi connectivity index (χ1) is 14.6. The molecule has 156 valence electrons. The summed E-state index contributed by atoms with van der Waals surface area (Å²) in [5, 5.41) is 11.0. The van der Waals surface area contributed by atoms with E-state index in [0.717, 1.165) is 12.8 Å². The molecule has 0 radical (unpaired) electrons. The number of nitrogens with zero attached hydrogens (tertiary/aromatic N) is 1. The zero-order valence-electron chi connectivity index (χ0n) is 16.9. The highest BCUT2D eigenvalue weighted by atomic mass is 16.5. The number of likely N-dealkylation sites (tertiary alicyclic amines) is 1. The Morgan fingerprint density at radius 2 is 1.87 bits per heavy atom. The number of hydrogen-bond donors (Lipinski definition) is 1. The number of ketones is 1. The SMILES string of the molecule is CCOc1ccccc1C1/C(=C(/O)c2ccccc2)C(=O)C(=O)N1CC1CCCO1. The molecule has 2 saturated heterocycles. The summed E-state index contributed by atoms with van der Waals surface area (Å²) in [6.07, 6.45) is 1.64. The van der Waals surface area contributed by atoms with Gasteiger partial charge in [0.05, 0.1) is 24.3 Å². The number of ether oxygens (including phenoxy) is 2. The lowest BCUT2D eigenvalue weighted by Crippen LogP contribution is -2.36. The molecule has 2 atom stereocenters. The molecule has 1 amide bonds. The van der Waals surface area contributed by atoms with Crippen LogP contribution in [0.4, 0.5) is 0 Å². The van der Waals surface area contributed by atoms with Gasteiger partial charge in [-0.05, 0) is 25.8 Å². The molecule has 6 heteroatoms. The van der Waals surface area contributed by atoms with Gasteiger partial charge in [0.15, 0.2) is 0 Å². The molecule has 30 heavy (non-hydrogen) atoms. The Bertz CT molecular complexity index is 963. The highest BCUT2D eigenvalue weighted by Crippen LogP contribution is 2.43. The lowest BCUT2D eigenvalue weighted by Gasteiger charge is -2.28. The predicted molar refractivity (Wildman–Crippen MR) is 112 cm³/mol. The van der Waals surface area contributed by atoms with E-state index in [1.807, 2.05) is 37.3 Å². The molecule has 2 fully saturated rings. The summed E-state index contributed by atoms with van der Waals surface area (Å²) in [6.45, 7) is 3.27. The van der Waals surface area contributed by atoms with Crippen LogP contribution in [-0.4, -0.2) is 47.6 Å². The number of amides is 1. The average molecular weight is 407 g/mol. The Labute approximate surface area is 175 Å². The topological polar surface area (TPSA) is 76.1 Å². The molecule has 2 heterocycles. The largest absolute Gasteiger partial charge is 0.507 e. The summed E-state index contributed by atoms with van der Waals surface area (Å²) >= 11 is 0. The molecule has 2 aromatic carbocycles. The number of rotatable bonds is 6. The third-order valence-electron chi connectivity index (χ3n) is 5.52. The van der Waals surface area contributed by atoms with Crippen molar-refractivity contribution < 1.29 is 24.2 Å². The van der Waals surface area contributed by atoms with E-state index in [1.165, 1.54) is 4.90 Å². The van der Waals surface area contributed by atoms with Crippen molar-refractivity contribution in [2.45, 2.75) is 31.9 Å². The molecule has 2 aromatic rings. The number of carbonyl (C=O) groups is 2. The molecule has 0 aromatic heterocycles. The van der Waals surface area contributed by atoms with Crippen LogP contribution >= 0.6 is 0 Å². The Morgan fingerprint density at radius 3 is 2.57 bits per heavy atom. The zero-order chi connectivity index (χ0) is 21.1. The van der Waals surface area contributed by atoms with Gasteiger partial charge in [-0.1, -0.05) is 48.5 Å². The van der Waals surface area contributed by atoms with E-state index in [2.05, 4.69) is 0 Å². The molecule has 0 spiro atoms. The predicted octanol–water partition coefficient (Wildman–Crippen LogP) is 3.69. The second-order valence-corrected chi connectivity index (χ2v) is 7.42. The van der Waals surface area contributed by atoms with Crippen LogP contribution in [0, 0.1) is 0 Å². The number of carbonyl (C=O) groups excluding carboxylic acids is 2. The first-order valence-corrected chi connectivity index (χ1v) is 10.3. The lowest BCUT2D eigenvalue weighted by molar-refractivity contribution is -0.140. The van der Waals surface area contributed by atoms with Crippen LogP contribution in [0.25, 0.3) is 5.76 Å². The van der Waals surface area contributed by atoms with Gasteiger partial charge in [0, 0.05) is 24.3 Å².